The predicted molar refractivity (Wildman–Crippen MR) is 89.0 cm³/mol. The number of methoxy groups -OCH3 is 1. The Bertz CT molecular complexity index is 869. The Morgan fingerprint density at radius 2 is 1.79 bits per heavy atom. The molecule has 5 nitrogen and oxygen atoms in total. The van der Waals surface area contributed by atoms with Gasteiger partial charge in [-0.1, -0.05) is 42.5 Å². The molecule has 0 unspecified atom stereocenters. The van der Waals surface area contributed by atoms with Gasteiger partial charge in [0.15, 0.2) is 5.82 Å². The summed E-state index contributed by atoms with van der Waals surface area (Å²) in [6, 6.07) is 16.3. The molecular formula is C19H16N2O3. The van der Waals surface area contributed by atoms with E-state index in [1.54, 1.807) is 35.2 Å². The third-order valence-corrected chi connectivity index (χ3v) is 3.66. The van der Waals surface area contributed by atoms with Crippen LogP contribution < -0.4 is 0 Å². The molecule has 3 rings (SSSR count). The van der Waals surface area contributed by atoms with Gasteiger partial charge in [0.2, 0.25) is 5.78 Å². The van der Waals surface area contributed by atoms with E-state index >= 15 is 0 Å². The van der Waals surface area contributed by atoms with Crippen molar-refractivity contribution in [1.82, 2.24) is 9.55 Å². The summed E-state index contributed by atoms with van der Waals surface area (Å²) in [5, 5.41) is 0. The van der Waals surface area contributed by atoms with Crippen LogP contribution in [0.15, 0.2) is 67.0 Å². The average molecular weight is 320 g/mol. The summed E-state index contributed by atoms with van der Waals surface area (Å²) in [6.07, 6.45) is 3.37. The van der Waals surface area contributed by atoms with Gasteiger partial charge in [0.05, 0.1) is 12.7 Å². The second kappa shape index (κ2) is 6.91. The standard InChI is InChI=1S/C19H16N2O3/c1-24-19(23)16-9-5-8-15(12-16)17(22)18-20-10-11-21(18)13-14-6-3-2-4-7-14/h2-12H,13H2,1H3. The molecule has 24 heavy (non-hydrogen) atoms. The molecule has 0 saturated heterocycles. The first kappa shape index (κ1) is 15.7. The zero-order chi connectivity index (χ0) is 16.9. The minimum Gasteiger partial charge on any atom is -0.465 e. The Morgan fingerprint density at radius 3 is 2.54 bits per heavy atom. The first-order valence-electron chi connectivity index (χ1n) is 7.47. The summed E-state index contributed by atoms with van der Waals surface area (Å²) in [6.45, 7) is 0.554. The largest absolute Gasteiger partial charge is 0.465 e. The van der Waals surface area contributed by atoms with E-state index < -0.39 is 5.97 Å². The van der Waals surface area contributed by atoms with E-state index in [0.717, 1.165) is 5.56 Å². The molecule has 0 aliphatic carbocycles. The Kier molecular flexibility index (Phi) is 4.52. The summed E-state index contributed by atoms with van der Waals surface area (Å²) in [5.41, 5.74) is 1.82. The van der Waals surface area contributed by atoms with Crippen LogP contribution in [0, 0.1) is 0 Å². The third-order valence-electron chi connectivity index (χ3n) is 3.66. The molecular weight excluding hydrogens is 304 g/mol. The molecule has 5 heteroatoms. The number of esters is 1. The third kappa shape index (κ3) is 3.25. The van der Waals surface area contributed by atoms with E-state index in [2.05, 4.69) is 4.98 Å². The van der Waals surface area contributed by atoms with Crippen molar-refractivity contribution >= 4 is 11.8 Å². The van der Waals surface area contributed by atoms with Gasteiger partial charge in [-0.3, -0.25) is 4.79 Å². The van der Waals surface area contributed by atoms with Crippen LogP contribution >= 0.6 is 0 Å². The average Bonchev–Trinajstić information content (AvgIpc) is 3.09. The van der Waals surface area contributed by atoms with Crippen molar-refractivity contribution in [1.29, 1.82) is 0 Å². The number of hydrogen-bond acceptors (Lipinski definition) is 4. The van der Waals surface area contributed by atoms with Crippen LogP contribution in [0.2, 0.25) is 0 Å². The molecule has 120 valence electrons. The summed E-state index contributed by atoms with van der Waals surface area (Å²) in [5.74, 6) is -0.375. The Balaban J connectivity index is 1.89. The number of aromatic nitrogens is 2. The van der Waals surface area contributed by atoms with Crippen molar-refractivity contribution in [3.8, 4) is 0 Å². The van der Waals surface area contributed by atoms with Crippen LogP contribution in [-0.4, -0.2) is 28.4 Å². The fourth-order valence-electron chi connectivity index (χ4n) is 2.46. The van der Waals surface area contributed by atoms with Gasteiger partial charge in [0.1, 0.15) is 0 Å². The first-order chi connectivity index (χ1) is 11.7. The topological polar surface area (TPSA) is 61.2 Å². The van der Waals surface area contributed by atoms with Crippen LogP contribution in [0.3, 0.4) is 0 Å². The fraction of sp³-hybridized carbons (Fsp3) is 0.105. The minimum absolute atomic E-state index is 0.235. The molecule has 2 aromatic carbocycles. The molecule has 0 aliphatic heterocycles. The van der Waals surface area contributed by atoms with Gasteiger partial charge in [-0.05, 0) is 17.7 Å². The predicted octanol–water partition coefficient (Wildman–Crippen LogP) is 2.95. The van der Waals surface area contributed by atoms with Crippen molar-refractivity contribution in [2.24, 2.45) is 0 Å². The number of carbonyl (C=O) groups excluding carboxylic acids is 2. The maximum atomic E-state index is 12.7. The van der Waals surface area contributed by atoms with Crippen molar-refractivity contribution in [2.75, 3.05) is 7.11 Å². The van der Waals surface area contributed by atoms with Gasteiger partial charge in [-0.2, -0.15) is 0 Å². The number of hydrogen-bond donors (Lipinski definition) is 0. The van der Waals surface area contributed by atoms with Gasteiger partial charge in [0.25, 0.3) is 0 Å². The number of imidazole rings is 1. The first-order valence-corrected chi connectivity index (χ1v) is 7.47. The Morgan fingerprint density at radius 1 is 1.04 bits per heavy atom. The lowest BCUT2D eigenvalue weighted by molar-refractivity contribution is 0.0600. The SMILES string of the molecule is COC(=O)c1cccc(C(=O)c2nccn2Cc2ccccc2)c1. The highest BCUT2D eigenvalue weighted by atomic mass is 16.5. The fourth-order valence-corrected chi connectivity index (χ4v) is 2.46. The number of ketones is 1. The second-order valence-corrected chi connectivity index (χ2v) is 5.27. The van der Waals surface area contributed by atoms with E-state index in [-0.39, 0.29) is 5.78 Å². The van der Waals surface area contributed by atoms with Gasteiger partial charge in [-0.15, -0.1) is 0 Å². The molecule has 0 radical (unpaired) electrons. The van der Waals surface area contributed by atoms with Crippen molar-refractivity contribution in [2.45, 2.75) is 6.54 Å². The molecule has 0 fully saturated rings. The number of nitrogens with zero attached hydrogens (tertiary/aromatic N) is 2. The summed E-state index contributed by atoms with van der Waals surface area (Å²) < 4.78 is 6.49. The Labute approximate surface area is 139 Å². The van der Waals surface area contributed by atoms with Gasteiger partial charge in [-0.25, -0.2) is 9.78 Å². The highest BCUT2D eigenvalue weighted by Crippen LogP contribution is 2.13. The second-order valence-electron chi connectivity index (χ2n) is 5.27. The highest BCUT2D eigenvalue weighted by molar-refractivity contribution is 6.07. The smallest absolute Gasteiger partial charge is 0.337 e. The molecule has 1 heterocycles. The van der Waals surface area contributed by atoms with Crippen molar-refractivity contribution in [3.63, 3.8) is 0 Å². The molecule has 0 aliphatic rings. The number of ether oxygens (including phenoxy) is 1. The molecule has 0 atom stereocenters. The summed E-state index contributed by atoms with van der Waals surface area (Å²) >= 11 is 0. The van der Waals surface area contributed by atoms with Crippen LogP contribution in [0.5, 0.6) is 0 Å². The minimum atomic E-state index is -0.475. The number of carbonyl (C=O) groups is 2. The summed E-state index contributed by atoms with van der Waals surface area (Å²) in [4.78, 5) is 28.6. The molecule has 3 aromatic rings. The highest BCUT2D eigenvalue weighted by Gasteiger charge is 2.17. The lowest BCUT2D eigenvalue weighted by Crippen LogP contribution is -2.13. The van der Waals surface area contributed by atoms with Gasteiger partial charge >= 0.3 is 5.97 Å². The van der Waals surface area contributed by atoms with Crippen LogP contribution in [0.25, 0.3) is 0 Å². The van der Waals surface area contributed by atoms with E-state index in [1.807, 2.05) is 30.3 Å². The molecule has 0 bridgehead atoms. The molecule has 0 saturated carbocycles. The van der Waals surface area contributed by atoms with Crippen LogP contribution in [-0.2, 0) is 11.3 Å². The maximum Gasteiger partial charge on any atom is 0.337 e. The van der Waals surface area contributed by atoms with Crippen LogP contribution in [0.4, 0.5) is 0 Å². The molecule has 0 N–H and O–H groups in total. The van der Waals surface area contributed by atoms with E-state index in [0.29, 0.717) is 23.5 Å². The van der Waals surface area contributed by atoms with Crippen molar-refractivity contribution < 1.29 is 14.3 Å². The zero-order valence-corrected chi connectivity index (χ0v) is 13.2. The molecule has 0 spiro atoms. The Hall–Kier alpha value is -3.21. The zero-order valence-electron chi connectivity index (χ0n) is 13.2. The summed E-state index contributed by atoms with van der Waals surface area (Å²) in [7, 11) is 1.31. The number of rotatable bonds is 5. The van der Waals surface area contributed by atoms with Gasteiger partial charge in [0, 0.05) is 24.5 Å². The lowest BCUT2D eigenvalue weighted by Gasteiger charge is -2.08. The quantitative estimate of drug-likeness (QED) is 0.536. The monoisotopic (exact) mass is 320 g/mol. The maximum absolute atomic E-state index is 12.7. The van der Waals surface area contributed by atoms with E-state index in [4.69, 9.17) is 4.74 Å². The van der Waals surface area contributed by atoms with Crippen molar-refractivity contribution in [3.05, 3.63) is 89.5 Å². The number of benzene rings is 2. The van der Waals surface area contributed by atoms with E-state index in [1.165, 1.54) is 13.2 Å². The molecule has 1 aromatic heterocycles. The van der Waals surface area contributed by atoms with Crippen LogP contribution in [0.1, 0.15) is 32.1 Å². The van der Waals surface area contributed by atoms with E-state index in [9.17, 15) is 9.59 Å². The molecule has 0 amide bonds. The van der Waals surface area contributed by atoms with Gasteiger partial charge < -0.3 is 9.30 Å². The lowest BCUT2D eigenvalue weighted by atomic mass is 10.1. The normalized spacial score (nSPS) is 10.4.